The van der Waals surface area contributed by atoms with Crippen molar-refractivity contribution in [1.29, 1.82) is 0 Å². The van der Waals surface area contributed by atoms with E-state index in [1.54, 1.807) is 4.72 Å². The molecule has 1 rings (SSSR count). The van der Waals surface area contributed by atoms with E-state index in [0.29, 0.717) is 4.47 Å². The van der Waals surface area contributed by atoms with Gasteiger partial charge in [0.1, 0.15) is 10.8 Å². The lowest BCUT2D eigenvalue weighted by atomic mass is 10.4. The van der Waals surface area contributed by atoms with Crippen molar-refractivity contribution in [1.82, 2.24) is 4.72 Å². The zero-order chi connectivity index (χ0) is 12.4. The number of thiophene rings is 1. The average molecular weight is 336 g/mol. The van der Waals surface area contributed by atoms with Gasteiger partial charge in [-0.05, 0) is 27.4 Å². The molecule has 2 N–H and O–H groups in total. The van der Waals surface area contributed by atoms with Crippen LogP contribution in [0, 0.1) is 0 Å². The van der Waals surface area contributed by atoms with Crippen molar-refractivity contribution in [3.05, 3.63) is 15.9 Å². The van der Waals surface area contributed by atoms with Crippen LogP contribution in [0.25, 0.3) is 0 Å². The Balaban J connectivity index is 2.79. The largest absolute Gasteiger partial charge is 0.390 e. The third kappa shape index (κ3) is 3.45. The van der Waals surface area contributed by atoms with Crippen LogP contribution in [0.4, 0.5) is 8.78 Å². The quantitative estimate of drug-likeness (QED) is 0.855. The van der Waals surface area contributed by atoms with Gasteiger partial charge in [0.2, 0.25) is 0 Å². The molecule has 1 aromatic heterocycles. The Labute approximate surface area is 103 Å². The second kappa shape index (κ2) is 5.05. The predicted octanol–water partition coefficient (Wildman–Crippen LogP) is 1.42. The first-order chi connectivity index (χ1) is 7.28. The van der Waals surface area contributed by atoms with Gasteiger partial charge < -0.3 is 5.11 Å². The Kier molecular flexibility index (Phi) is 4.41. The van der Waals surface area contributed by atoms with Crippen molar-refractivity contribution in [3.8, 4) is 0 Å². The van der Waals surface area contributed by atoms with Gasteiger partial charge in [0.05, 0.1) is 6.54 Å². The van der Waals surface area contributed by atoms with Crippen LogP contribution < -0.4 is 4.72 Å². The number of nitrogens with one attached hydrogen (secondary N) is 1. The number of aliphatic hydroxyl groups is 1. The van der Waals surface area contributed by atoms with Gasteiger partial charge >= 0.3 is 0 Å². The zero-order valence-electron chi connectivity index (χ0n) is 7.78. The highest BCUT2D eigenvalue weighted by molar-refractivity contribution is 9.10. The summed E-state index contributed by atoms with van der Waals surface area (Å²) >= 11 is 3.90. The fraction of sp³-hybridized carbons (Fsp3) is 0.429. The number of aliphatic hydroxyl groups excluding tert-OH is 1. The van der Waals surface area contributed by atoms with Crippen LogP contribution in [0.5, 0.6) is 0 Å². The fourth-order valence-electron chi connectivity index (χ4n) is 0.794. The highest BCUT2D eigenvalue weighted by atomic mass is 79.9. The van der Waals surface area contributed by atoms with Gasteiger partial charge in [0.25, 0.3) is 15.9 Å². The fourth-order valence-corrected chi connectivity index (χ4v) is 4.24. The van der Waals surface area contributed by atoms with Gasteiger partial charge in [-0.15, -0.1) is 11.3 Å². The Morgan fingerprint density at radius 3 is 2.62 bits per heavy atom. The molecule has 0 amide bonds. The molecule has 0 atom stereocenters. The van der Waals surface area contributed by atoms with E-state index in [2.05, 4.69) is 15.9 Å². The van der Waals surface area contributed by atoms with Crippen molar-refractivity contribution in [2.75, 3.05) is 13.2 Å². The van der Waals surface area contributed by atoms with E-state index < -0.39 is 29.1 Å². The van der Waals surface area contributed by atoms with Crippen molar-refractivity contribution < 1.29 is 22.3 Å². The maximum Gasteiger partial charge on any atom is 0.283 e. The summed E-state index contributed by atoms with van der Waals surface area (Å²) in [6.45, 7) is -2.53. The molecule has 9 heteroatoms. The Hall–Kier alpha value is -0.0900. The van der Waals surface area contributed by atoms with E-state index >= 15 is 0 Å². The summed E-state index contributed by atoms with van der Waals surface area (Å²) in [5.74, 6) is -3.46. The van der Waals surface area contributed by atoms with Crippen LogP contribution in [0.15, 0.2) is 20.1 Å². The number of hydrogen-bond acceptors (Lipinski definition) is 4. The molecular formula is C7H8BrF2NO3S2. The van der Waals surface area contributed by atoms with Crippen LogP contribution in [-0.2, 0) is 10.0 Å². The first-order valence-corrected chi connectivity index (χ1v) is 7.15. The molecular weight excluding hydrogens is 328 g/mol. The van der Waals surface area contributed by atoms with Crippen LogP contribution >= 0.6 is 27.3 Å². The number of hydrogen-bond donors (Lipinski definition) is 2. The SMILES string of the molecule is O=S(=O)(NCC(F)(F)CO)c1sccc1Br. The Morgan fingerprint density at radius 1 is 1.56 bits per heavy atom. The molecule has 92 valence electrons. The second-order valence-corrected chi connectivity index (χ2v) is 6.63. The highest BCUT2D eigenvalue weighted by Crippen LogP contribution is 2.27. The maximum absolute atomic E-state index is 12.6. The topological polar surface area (TPSA) is 66.4 Å². The van der Waals surface area contributed by atoms with Crippen LogP contribution in [-0.4, -0.2) is 32.6 Å². The molecule has 4 nitrogen and oxygen atoms in total. The summed E-state index contributed by atoms with van der Waals surface area (Å²) < 4.78 is 50.3. The van der Waals surface area contributed by atoms with E-state index in [1.165, 1.54) is 11.4 Å². The molecule has 0 saturated heterocycles. The summed E-state index contributed by atoms with van der Waals surface area (Å²) in [5, 5.41) is 9.80. The molecule has 0 spiro atoms. The number of rotatable bonds is 5. The van der Waals surface area contributed by atoms with Crippen LogP contribution in [0.1, 0.15) is 0 Å². The van der Waals surface area contributed by atoms with Gasteiger partial charge in [-0.25, -0.2) is 21.9 Å². The molecule has 0 unspecified atom stereocenters. The average Bonchev–Trinajstić information content (AvgIpc) is 2.63. The zero-order valence-corrected chi connectivity index (χ0v) is 11.0. The van der Waals surface area contributed by atoms with Crippen LogP contribution in [0.2, 0.25) is 0 Å². The van der Waals surface area contributed by atoms with Gasteiger partial charge in [-0.2, -0.15) is 0 Å². The second-order valence-electron chi connectivity index (χ2n) is 2.89. The van der Waals surface area contributed by atoms with Gasteiger partial charge in [0.15, 0.2) is 0 Å². The minimum atomic E-state index is -3.96. The summed E-state index contributed by atoms with van der Waals surface area (Å²) in [6, 6.07) is 1.50. The van der Waals surface area contributed by atoms with Crippen molar-refractivity contribution in [2.45, 2.75) is 10.1 Å². The third-order valence-corrected chi connectivity index (χ3v) is 5.65. The van der Waals surface area contributed by atoms with E-state index in [9.17, 15) is 17.2 Å². The van der Waals surface area contributed by atoms with E-state index in [0.717, 1.165) is 11.3 Å². The molecule has 1 heterocycles. The molecule has 0 aliphatic rings. The minimum Gasteiger partial charge on any atom is -0.390 e. The van der Waals surface area contributed by atoms with Gasteiger partial charge in [0, 0.05) is 4.47 Å². The van der Waals surface area contributed by atoms with Gasteiger partial charge in [-0.3, -0.25) is 0 Å². The molecule has 0 aromatic carbocycles. The van der Waals surface area contributed by atoms with Gasteiger partial charge in [-0.1, -0.05) is 0 Å². The van der Waals surface area contributed by atoms with E-state index in [4.69, 9.17) is 5.11 Å². The Morgan fingerprint density at radius 2 is 2.19 bits per heavy atom. The Bertz CT molecular complexity index is 460. The summed E-state index contributed by atoms with van der Waals surface area (Å²) in [4.78, 5) is 0. The van der Waals surface area contributed by atoms with Crippen molar-refractivity contribution in [2.24, 2.45) is 0 Å². The normalized spacial score (nSPS) is 13.0. The first kappa shape index (κ1) is 14.0. The molecule has 0 fully saturated rings. The molecule has 0 aliphatic carbocycles. The van der Waals surface area contributed by atoms with E-state index in [-0.39, 0.29) is 4.21 Å². The smallest absolute Gasteiger partial charge is 0.283 e. The van der Waals surface area contributed by atoms with Crippen molar-refractivity contribution >= 4 is 37.3 Å². The molecule has 16 heavy (non-hydrogen) atoms. The minimum absolute atomic E-state index is 0.0683. The summed E-state index contributed by atoms with van der Waals surface area (Å²) in [5.41, 5.74) is 0. The summed E-state index contributed by atoms with van der Waals surface area (Å²) in [6.07, 6.45) is 0. The number of alkyl halides is 2. The van der Waals surface area contributed by atoms with Crippen molar-refractivity contribution in [3.63, 3.8) is 0 Å². The number of halogens is 3. The lowest BCUT2D eigenvalue weighted by Gasteiger charge is -2.13. The predicted molar refractivity (Wildman–Crippen MR) is 59.2 cm³/mol. The standard InChI is InChI=1S/C7H8BrF2NO3S2/c8-5-1-2-15-6(5)16(13,14)11-3-7(9,10)4-12/h1-2,11-12H,3-4H2. The molecule has 0 saturated carbocycles. The molecule has 1 aromatic rings. The van der Waals surface area contributed by atoms with Crippen LogP contribution in [0.3, 0.4) is 0 Å². The summed E-state index contributed by atoms with van der Waals surface area (Å²) in [7, 11) is -3.96. The molecule has 0 aliphatic heterocycles. The first-order valence-electron chi connectivity index (χ1n) is 4.00. The molecule has 0 bridgehead atoms. The third-order valence-electron chi connectivity index (χ3n) is 1.58. The monoisotopic (exact) mass is 335 g/mol. The maximum atomic E-state index is 12.6. The lowest BCUT2D eigenvalue weighted by Crippen LogP contribution is -2.38. The highest BCUT2D eigenvalue weighted by Gasteiger charge is 2.31. The number of sulfonamides is 1. The van der Waals surface area contributed by atoms with E-state index in [1.807, 2.05) is 0 Å². The molecule has 0 radical (unpaired) electrons. The lowest BCUT2D eigenvalue weighted by molar-refractivity contribution is -0.0437.